The van der Waals surface area contributed by atoms with Gasteiger partial charge in [-0.2, -0.15) is 22.7 Å². The van der Waals surface area contributed by atoms with Crippen molar-refractivity contribution in [2.75, 3.05) is 20.8 Å². The van der Waals surface area contributed by atoms with Crippen LogP contribution in [0.4, 0.5) is 22.0 Å². The molecule has 0 aromatic carbocycles. The highest BCUT2D eigenvalue weighted by atomic mass is 79.9. The molecule has 0 aliphatic heterocycles. The molecule has 0 amide bonds. The third kappa shape index (κ3) is 6.53. The summed E-state index contributed by atoms with van der Waals surface area (Å²) in [4.78, 5) is 3.44. The van der Waals surface area contributed by atoms with Crippen molar-refractivity contribution >= 4 is 33.0 Å². The fourth-order valence-corrected chi connectivity index (χ4v) is 3.37. The Morgan fingerprint density at radius 3 is 2.32 bits per heavy atom. The van der Waals surface area contributed by atoms with Crippen molar-refractivity contribution in [3.63, 3.8) is 0 Å². The Labute approximate surface area is 172 Å². The summed E-state index contributed by atoms with van der Waals surface area (Å²) in [5, 5.41) is 4.30. The van der Waals surface area contributed by atoms with Gasteiger partial charge in [-0.1, -0.05) is 0 Å². The zero-order chi connectivity index (χ0) is 21.9. The molecule has 1 rings (SSSR count). The van der Waals surface area contributed by atoms with Crippen LogP contribution in [-0.4, -0.2) is 52.0 Å². The minimum atomic E-state index is -4.91. The van der Waals surface area contributed by atoms with Crippen molar-refractivity contribution in [3.8, 4) is 0 Å². The molecule has 12 heteroatoms. The summed E-state index contributed by atoms with van der Waals surface area (Å²) in [6.07, 6.45) is -4.92. The molecule has 160 valence electrons. The normalized spacial score (nSPS) is 16.6. The Morgan fingerprint density at radius 1 is 1.32 bits per heavy atom. The van der Waals surface area contributed by atoms with Crippen LogP contribution in [0.2, 0.25) is 0 Å². The van der Waals surface area contributed by atoms with Crippen molar-refractivity contribution in [2.45, 2.75) is 43.7 Å². The number of alkyl halides is 4. The Hall–Kier alpha value is -0.980. The van der Waals surface area contributed by atoms with E-state index in [0.29, 0.717) is 0 Å². The van der Waals surface area contributed by atoms with Crippen molar-refractivity contribution in [3.05, 3.63) is 28.2 Å². The number of halogens is 6. The molecule has 0 bridgehead atoms. The number of hydrogen-bond acceptors (Lipinski definition) is 5. The van der Waals surface area contributed by atoms with E-state index in [1.165, 1.54) is 14.1 Å². The van der Waals surface area contributed by atoms with Crippen LogP contribution in [0.5, 0.6) is 0 Å². The van der Waals surface area contributed by atoms with Crippen molar-refractivity contribution in [1.29, 1.82) is 0 Å². The van der Waals surface area contributed by atoms with Gasteiger partial charge in [0.05, 0.1) is 0 Å². The molecular weight excluding hydrogens is 471 g/mol. The van der Waals surface area contributed by atoms with Gasteiger partial charge in [0.1, 0.15) is 22.7 Å². The number of pyridine rings is 1. The summed E-state index contributed by atoms with van der Waals surface area (Å²) < 4.78 is 83.5. The first-order chi connectivity index (χ1) is 12.6. The van der Waals surface area contributed by atoms with Gasteiger partial charge in [0.15, 0.2) is 0 Å². The van der Waals surface area contributed by atoms with Crippen LogP contribution in [-0.2, 0) is 16.9 Å². The van der Waals surface area contributed by atoms with Crippen LogP contribution < -0.4 is 4.72 Å². The zero-order valence-electron chi connectivity index (χ0n) is 16.0. The Balaban J connectivity index is 3.63. The number of hydrogen-bond donors (Lipinski definition) is 1. The Bertz CT molecular complexity index is 711. The van der Waals surface area contributed by atoms with Gasteiger partial charge >= 0.3 is 6.18 Å². The lowest BCUT2D eigenvalue weighted by atomic mass is 9.87. The number of nitrogens with one attached hydrogen (secondary N) is 1. The van der Waals surface area contributed by atoms with Crippen molar-refractivity contribution in [2.24, 2.45) is 5.10 Å². The zero-order valence-corrected chi connectivity index (χ0v) is 18.4. The Kier molecular flexibility index (Phi) is 8.26. The molecule has 1 heterocycles. The van der Waals surface area contributed by atoms with Crippen LogP contribution >= 0.6 is 15.9 Å². The van der Waals surface area contributed by atoms with Gasteiger partial charge in [-0.15, -0.1) is 4.72 Å². The lowest BCUT2D eigenvalue weighted by molar-refractivity contribution is -0.0631. The topological polar surface area (TPSA) is 63.6 Å². The first-order valence-corrected chi connectivity index (χ1v) is 9.96. The van der Waals surface area contributed by atoms with E-state index in [2.05, 4.69) is 30.7 Å². The third-order valence-electron chi connectivity index (χ3n) is 3.51. The molecule has 1 unspecified atom stereocenters. The minimum Gasteiger partial charge on any atom is -0.598 e. The molecule has 0 aliphatic carbocycles. The molecule has 5 nitrogen and oxygen atoms in total. The number of hydrazone groups is 1. The quantitative estimate of drug-likeness (QED) is 0.205. The molecule has 0 radical (unpaired) electrons. The number of nitrogens with zero attached hydrogens (tertiary/aromatic N) is 3. The molecular formula is C16H22BrF5N4OS. The average Bonchev–Trinajstić information content (AvgIpc) is 2.53. The van der Waals surface area contributed by atoms with E-state index >= 15 is 0 Å². The number of rotatable bonds is 7. The molecule has 0 saturated heterocycles. The molecule has 1 aromatic rings. The van der Waals surface area contributed by atoms with Gasteiger partial charge < -0.3 is 9.56 Å². The van der Waals surface area contributed by atoms with Gasteiger partial charge in [-0.05, 0) is 42.8 Å². The average molecular weight is 493 g/mol. The van der Waals surface area contributed by atoms with E-state index in [-0.39, 0.29) is 4.47 Å². The highest BCUT2D eigenvalue weighted by molar-refractivity contribution is 9.10. The summed E-state index contributed by atoms with van der Waals surface area (Å²) in [5.41, 5.74) is -4.14. The first-order valence-electron chi connectivity index (χ1n) is 8.01. The van der Waals surface area contributed by atoms with Crippen LogP contribution in [0.25, 0.3) is 0 Å². The minimum absolute atomic E-state index is 0.225. The van der Waals surface area contributed by atoms with E-state index in [4.69, 9.17) is 0 Å². The first kappa shape index (κ1) is 25.1. The second kappa shape index (κ2) is 9.23. The number of aromatic nitrogens is 1. The SMILES string of the molecule is CN(C)N=C(C[C@](CF)(N[S+]([O-])C(C)(C)C)c1cc(Br)cnc1F)C(F)(F)F. The lowest BCUT2D eigenvalue weighted by Crippen LogP contribution is -2.55. The maximum absolute atomic E-state index is 14.4. The molecule has 0 aliphatic rings. The second-order valence-electron chi connectivity index (χ2n) is 7.26. The molecule has 0 fully saturated rings. The van der Waals surface area contributed by atoms with Crippen molar-refractivity contribution in [1.82, 2.24) is 14.7 Å². The van der Waals surface area contributed by atoms with Crippen LogP contribution in [0.15, 0.2) is 21.8 Å². The van der Waals surface area contributed by atoms with E-state index in [1.54, 1.807) is 20.8 Å². The summed E-state index contributed by atoms with van der Waals surface area (Å²) >= 11 is 1.04. The Morgan fingerprint density at radius 2 is 1.89 bits per heavy atom. The van der Waals surface area contributed by atoms with Crippen LogP contribution in [0, 0.1) is 5.95 Å². The van der Waals surface area contributed by atoms with E-state index in [1.807, 2.05) is 0 Å². The lowest BCUT2D eigenvalue weighted by Gasteiger charge is -2.36. The fourth-order valence-electron chi connectivity index (χ4n) is 2.14. The highest BCUT2D eigenvalue weighted by Crippen LogP contribution is 2.35. The maximum atomic E-state index is 14.4. The highest BCUT2D eigenvalue weighted by Gasteiger charge is 2.49. The van der Waals surface area contributed by atoms with Gasteiger partial charge in [-0.3, -0.25) is 0 Å². The molecule has 0 saturated carbocycles. The maximum Gasteiger partial charge on any atom is 0.431 e. The van der Waals surface area contributed by atoms with E-state index < -0.39 is 58.1 Å². The summed E-state index contributed by atoms with van der Waals surface area (Å²) in [7, 11) is 2.54. The summed E-state index contributed by atoms with van der Waals surface area (Å²) in [6.45, 7) is 3.17. The van der Waals surface area contributed by atoms with Gasteiger partial charge in [0.2, 0.25) is 5.95 Å². The van der Waals surface area contributed by atoms with Gasteiger partial charge in [0, 0.05) is 48.1 Å². The van der Waals surface area contributed by atoms with E-state index in [9.17, 15) is 26.5 Å². The smallest absolute Gasteiger partial charge is 0.431 e. The predicted molar refractivity (Wildman–Crippen MR) is 102 cm³/mol. The second-order valence-corrected chi connectivity index (χ2v) is 10.1. The standard InChI is InChI=1S/C16H22BrF5N4OS/c1-14(2,3)28(27)25-15(9-18,11-6-10(17)8-23-13(11)19)7-12(16(20,21)22)24-26(4)5/h6,8,25H,7,9H2,1-5H3/t15-,28?/m1/s1. The largest absolute Gasteiger partial charge is 0.598 e. The third-order valence-corrected chi connectivity index (χ3v) is 5.63. The predicted octanol–water partition coefficient (Wildman–Crippen LogP) is 4.07. The molecule has 1 aromatic heterocycles. The molecule has 28 heavy (non-hydrogen) atoms. The van der Waals surface area contributed by atoms with E-state index in [0.717, 1.165) is 17.3 Å². The summed E-state index contributed by atoms with van der Waals surface area (Å²) in [5.74, 6) is -1.18. The van der Waals surface area contributed by atoms with Crippen LogP contribution in [0.3, 0.4) is 0 Å². The summed E-state index contributed by atoms with van der Waals surface area (Å²) in [6, 6.07) is 1.11. The van der Waals surface area contributed by atoms with Gasteiger partial charge in [-0.25, -0.2) is 9.37 Å². The molecule has 2 atom stereocenters. The van der Waals surface area contributed by atoms with Crippen molar-refractivity contribution < 1.29 is 26.5 Å². The van der Waals surface area contributed by atoms with Crippen LogP contribution in [0.1, 0.15) is 32.8 Å². The monoisotopic (exact) mass is 492 g/mol. The fraction of sp³-hybridized carbons (Fsp3) is 0.625. The molecule has 1 N–H and O–H groups in total. The molecule has 0 spiro atoms. The van der Waals surface area contributed by atoms with Gasteiger partial charge in [0.25, 0.3) is 0 Å².